The number of rotatable bonds is 7. The Morgan fingerprint density at radius 1 is 1.27 bits per heavy atom. The molecule has 0 aliphatic heterocycles. The molecule has 15 heavy (non-hydrogen) atoms. The van der Waals surface area contributed by atoms with Crippen LogP contribution in [0.15, 0.2) is 0 Å². The largest absolute Gasteiger partial charge is 0.368 e. The van der Waals surface area contributed by atoms with E-state index < -0.39 is 11.9 Å². The second-order valence-corrected chi connectivity index (χ2v) is 4.56. The van der Waals surface area contributed by atoms with Crippen molar-refractivity contribution in [2.24, 2.45) is 5.73 Å². The molecule has 0 aromatic carbocycles. The highest BCUT2D eigenvalue weighted by Crippen LogP contribution is 2.08. The van der Waals surface area contributed by atoms with E-state index in [1.54, 1.807) is 0 Å². The summed E-state index contributed by atoms with van der Waals surface area (Å²) in [6, 6.07) is -0.743. The first kappa shape index (κ1) is 15.0. The molecule has 0 aromatic heterocycles. The number of hydrogen-bond acceptors (Lipinski definition) is 5. The van der Waals surface area contributed by atoms with Gasteiger partial charge in [-0.05, 0) is 17.9 Å². The van der Waals surface area contributed by atoms with E-state index in [2.05, 4.69) is 43.2 Å². The molecule has 0 aliphatic carbocycles. The van der Waals surface area contributed by atoms with Crippen LogP contribution in [0.5, 0.6) is 0 Å². The van der Waals surface area contributed by atoms with Gasteiger partial charge in [0.2, 0.25) is 11.8 Å². The van der Waals surface area contributed by atoms with Crippen molar-refractivity contribution < 1.29 is 9.59 Å². The van der Waals surface area contributed by atoms with Gasteiger partial charge < -0.3 is 11.1 Å². The van der Waals surface area contributed by atoms with Gasteiger partial charge in [0.1, 0.15) is 6.04 Å². The average Bonchev–Trinajstić information content (AvgIpc) is 2.14. The van der Waals surface area contributed by atoms with Crippen LogP contribution in [0.4, 0.5) is 0 Å². The second kappa shape index (κ2) is 8.18. The minimum Gasteiger partial charge on any atom is -0.368 e. The summed E-state index contributed by atoms with van der Waals surface area (Å²) in [5.74, 6) is 0.193. The maximum absolute atomic E-state index is 11.2. The first-order valence-electron chi connectivity index (χ1n) is 4.51. The van der Waals surface area contributed by atoms with Gasteiger partial charge in [0, 0.05) is 11.7 Å². The monoisotopic (exact) mass is 268 g/mol. The Labute approximate surface area is 106 Å². The van der Waals surface area contributed by atoms with Gasteiger partial charge in [-0.2, -0.15) is 37.9 Å². The molecule has 0 aliphatic rings. The maximum atomic E-state index is 11.2. The third-order valence-corrected chi connectivity index (χ3v) is 2.81. The quantitative estimate of drug-likeness (QED) is 0.418. The highest BCUT2D eigenvalue weighted by atomic mass is 32.1. The molecule has 0 saturated carbocycles. The topological polar surface area (TPSA) is 72.2 Å². The van der Waals surface area contributed by atoms with E-state index in [1.807, 2.05) is 0 Å². The molecule has 0 fully saturated rings. The standard InChI is InChI=1S/C8H16N2O2S3/c9-8(12)7(5(15)1-3-13)10-6(11)2-4-14/h5,7,13-15H,1-4H2,(H2,9,12)(H,10,11). The van der Waals surface area contributed by atoms with Gasteiger partial charge in [0.25, 0.3) is 0 Å². The molecule has 4 nitrogen and oxygen atoms in total. The first-order chi connectivity index (χ1) is 7.02. The SMILES string of the molecule is NC(=O)C(NC(=O)CCS)C(S)CCS. The van der Waals surface area contributed by atoms with Crippen LogP contribution < -0.4 is 11.1 Å². The molecule has 0 heterocycles. The molecular formula is C8H16N2O2S3. The van der Waals surface area contributed by atoms with E-state index >= 15 is 0 Å². The van der Waals surface area contributed by atoms with Gasteiger partial charge in [-0.25, -0.2) is 0 Å². The normalized spacial score (nSPS) is 14.3. The number of nitrogens with two attached hydrogens (primary N) is 1. The average molecular weight is 268 g/mol. The van der Waals surface area contributed by atoms with Crippen molar-refractivity contribution in [1.29, 1.82) is 0 Å². The van der Waals surface area contributed by atoms with E-state index in [-0.39, 0.29) is 17.6 Å². The lowest BCUT2D eigenvalue weighted by molar-refractivity contribution is -0.127. The Hall–Kier alpha value is -0.0100. The lowest BCUT2D eigenvalue weighted by Gasteiger charge is -2.20. The molecule has 88 valence electrons. The van der Waals surface area contributed by atoms with Crippen molar-refractivity contribution >= 4 is 49.7 Å². The zero-order valence-electron chi connectivity index (χ0n) is 8.22. The van der Waals surface area contributed by atoms with Crippen LogP contribution >= 0.6 is 37.9 Å². The van der Waals surface area contributed by atoms with Crippen molar-refractivity contribution in [1.82, 2.24) is 5.32 Å². The molecule has 0 radical (unpaired) electrons. The van der Waals surface area contributed by atoms with Crippen molar-refractivity contribution in [3.05, 3.63) is 0 Å². The van der Waals surface area contributed by atoms with Crippen LogP contribution in [0.2, 0.25) is 0 Å². The summed E-state index contributed by atoms with van der Waals surface area (Å²) in [4.78, 5) is 22.3. The summed E-state index contributed by atoms with van der Waals surface area (Å²) in [6.45, 7) is 0. The van der Waals surface area contributed by atoms with Crippen LogP contribution in [0, 0.1) is 0 Å². The van der Waals surface area contributed by atoms with Gasteiger partial charge in [-0.3, -0.25) is 9.59 Å². The summed E-state index contributed by atoms with van der Waals surface area (Å²) in [6.07, 6.45) is 0.856. The van der Waals surface area contributed by atoms with Gasteiger partial charge >= 0.3 is 0 Å². The number of hydrogen-bond donors (Lipinski definition) is 5. The van der Waals surface area contributed by atoms with Crippen molar-refractivity contribution in [3.8, 4) is 0 Å². The van der Waals surface area contributed by atoms with Crippen molar-refractivity contribution in [3.63, 3.8) is 0 Å². The number of primary amides is 1. The molecule has 0 saturated heterocycles. The predicted octanol–water partition coefficient (Wildman–Crippen LogP) is -0.105. The summed E-state index contributed by atoms with van der Waals surface area (Å²) < 4.78 is 0. The van der Waals surface area contributed by atoms with Gasteiger partial charge in [0.15, 0.2) is 0 Å². The predicted molar refractivity (Wildman–Crippen MR) is 70.8 cm³/mol. The Bertz CT molecular complexity index is 226. The minimum atomic E-state index is -0.743. The molecule has 0 bridgehead atoms. The first-order valence-corrected chi connectivity index (χ1v) is 6.29. The fraction of sp³-hybridized carbons (Fsp3) is 0.750. The Morgan fingerprint density at radius 3 is 2.27 bits per heavy atom. The second-order valence-electron chi connectivity index (χ2n) is 3.00. The lowest BCUT2D eigenvalue weighted by atomic mass is 10.1. The van der Waals surface area contributed by atoms with Crippen LogP contribution in [0.3, 0.4) is 0 Å². The number of thiol groups is 3. The molecule has 0 aromatic rings. The lowest BCUT2D eigenvalue weighted by Crippen LogP contribution is -2.50. The van der Waals surface area contributed by atoms with Crippen molar-refractivity contribution in [2.45, 2.75) is 24.1 Å². The zero-order chi connectivity index (χ0) is 11.8. The highest BCUT2D eigenvalue weighted by Gasteiger charge is 2.24. The Kier molecular flexibility index (Phi) is 8.17. The van der Waals surface area contributed by atoms with Crippen LogP contribution in [0.1, 0.15) is 12.8 Å². The van der Waals surface area contributed by atoms with Crippen molar-refractivity contribution in [2.75, 3.05) is 11.5 Å². The zero-order valence-corrected chi connectivity index (χ0v) is 10.9. The molecule has 0 spiro atoms. The molecular weight excluding hydrogens is 252 g/mol. The molecule has 2 unspecified atom stereocenters. The third kappa shape index (κ3) is 6.21. The summed E-state index contributed by atoms with van der Waals surface area (Å²) in [5, 5.41) is 2.23. The summed E-state index contributed by atoms with van der Waals surface area (Å²) in [5.41, 5.74) is 5.17. The maximum Gasteiger partial charge on any atom is 0.241 e. The van der Waals surface area contributed by atoms with E-state index in [1.165, 1.54) is 0 Å². The van der Waals surface area contributed by atoms with Crippen LogP contribution in [0.25, 0.3) is 0 Å². The smallest absolute Gasteiger partial charge is 0.241 e. The fourth-order valence-corrected chi connectivity index (χ4v) is 2.04. The number of carbonyl (C=O) groups excluding carboxylic acids is 2. The van der Waals surface area contributed by atoms with E-state index in [4.69, 9.17) is 5.73 Å². The van der Waals surface area contributed by atoms with Gasteiger partial charge in [-0.1, -0.05) is 0 Å². The van der Waals surface area contributed by atoms with Gasteiger partial charge in [-0.15, -0.1) is 0 Å². The third-order valence-electron chi connectivity index (χ3n) is 1.77. The van der Waals surface area contributed by atoms with Crippen LogP contribution in [-0.2, 0) is 9.59 Å². The Balaban J connectivity index is 4.27. The van der Waals surface area contributed by atoms with E-state index in [9.17, 15) is 9.59 Å². The molecule has 2 atom stereocenters. The number of amides is 2. The molecule has 3 N–H and O–H groups in total. The van der Waals surface area contributed by atoms with E-state index in [0.717, 1.165) is 0 Å². The molecule has 0 rings (SSSR count). The minimum absolute atomic E-state index is 0.244. The molecule has 2 amide bonds. The van der Waals surface area contributed by atoms with E-state index in [0.29, 0.717) is 17.9 Å². The fourth-order valence-electron chi connectivity index (χ4n) is 1.00. The number of carbonyl (C=O) groups is 2. The van der Waals surface area contributed by atoms with Gasteiger partial charge in [0.05, 0.1) is 0 Å². The Morgan fingerprint density at radius 2 is 1.87 bits per heavy atom. The summed E-state index contributed by atoms with van der Waals surface area (Å²) >= 11 is 12.2. The molecule has 7 heteroatoms. The number of nitrogens with one attached hydrogen (secondary N) is 1. The highest BCUT2D eigenvalue weighted by molar-refractivity contribution is 7.81. The summed E-state index contributed by atoms with van der Waals surface area (Å²) in [7, 11) is 0. The van der Waals surface area contributed by atoms with Crippen LogP contribution in [-0.4, -0.2) is 34.6 Å².